The molecule has 1 aromatic rings. The van der Waals surface area contributed by atoms with Gasteiger partial charge in [-0.1, -0.05) is 25.5 Å². The van der Waals surface area contributed by atoms with E-state index in [1.807, 2.05) is 6.92 Å². The first-order valence-corrected chi connectivity index (χ1v) is 11.9. The van der Waals surface area contributed by atoms with Gasteiger partial charge in [0.05, 0.1) is 6.10 Å². The number of benzene rings is 1. The summed E-state index contributed by atoms with van der Waals surface area (Å²) >= 11 is 0. The van der Waals surface area contributed by atoms with Crippen LogP contribution in [0.2, 0.25) is 0 Å². The first-order chi connectivity index (χ1) is 15.0. The van der Waals surface area contributed by atoms with Gasteiger partial charge in [0.1, 0.15) is 18.3 Å². The van der Waals surface area contributed by atoms with Crippen molar-refractivity contribution in [2.75, 3.05) is 0 Å². The second-order valence-electron chi connectivity index (χ2n) is 10.5. The van der Waals surface area contributed by atoms with Crippen LogP contribution in [0.1, 0.15) is 93.9 Å². The monoisotopic (exact) mass is 446 g/mol. The van der Waals surface area contributed by atoms with Crippen molar-refractivity contribution >= 4 is 0 Å². The highest BCUT2D eigenvalue weighted by atomic mass is 16.7. The Kier molecular flexibility index (Phi) is 6.36. The van der Waals surface area contributed by atoms with Gasteiger partial charge in [0.2, 0.25) is 6.29 Å². The van der Waals surface area contributed by atoms with E-state index >= 15 is 0 Å². The maximum absolute atomic E-state index is 11.3. The van der Waals surface area contributed by atoms with Crippen molar-refractivity contribution in [3.8, 4) is 11.5 Å². The van der Waals surface area contributed by atoms with E-state index in [0.29, 0.717) is 17.6 Å². The van der Waals surface area contributed by atoms with E-state index in [2.05, 4.69) is 33.8 Å². The normalized spacial score (nSPS) is 38.7. The summed E-state index contributed by atoms with van der Waals surface area (Å²) in [5.41, 5.74) is 5.58. The van der Waals surface area contributed by atoms with E-state index in [0.717, 1.165) is 30.4 Å². The fourth-order valence-electron chi connectivity index (χ4n) is 6.13. The Hall–Kier alpha value is -1.60. The Balaban J connectivity index is 1.86. The molecule has 6 heteroatoms. The molecule has 178 valence electrons. The van der Waals surface area contributed by atoms with Crippen LogP contribution in [0.3, 0.4) is 0 Å². The standard InChI is InChI=1S/C26H38O6/c1-11(2)9-16-10-13(4)17-8-7-12(3)18-20(17)19(16)14(5)21(27)25(18)32-26-24(30)23(29)22(28)15(6)31-26/h9,12-13,15-17,22-24,26-30H,7-8,10H2,1-6H3/t12-,13+,15+,16+,17-,22-,23-,24+,26+/m1/s1. The second-order valence-corrected chi connectivity index (χ2v) is 10.5. The molecule has 0 spiro atoms. The summed E-state index contributed by atoms with van der Waals surface area (Å²) in [6.45, 7) is 12.3. The maximum atomic E-state index is 11.3. The predicted molar refractivity (Wildman–Crippen MR) is 122 cm³/mol. The van der Waals surface area contributed by atoms with Crippen LogP contribution in [0.15, 0.2) is 11.6 Å². The lowest BCUT2D eigenvalue weighted by Crippen LogP contribution is -2.58. The number of phenolic OH excluding ortho intramolecular Hbond substituents is 1. The third-order valence-electron chi connectivity index (χ3n) is 7.83. The van der Waals surface area contributed by atoms with Crippen LogP contribution in [-0.2, 0) is 4.74 Å². The zero-order valence-electron chi connectivity index (χ0n) is 20.0. The summed E-state index contributed by atoms with van der Waals surface area (Å²) in [4.78, 5) is 0. The molecule has 0 aromatic heterocycles. The van der Waals surface area contributed by atoms with Gasteiger partial charge in [-0.25, -0.2) is 0 Å². The second kappa shape index (κ2) is 8.64. The van der Waals surface area contributed by atoms with Crippen molar-refractivity contribution in [3.05, 3.63) is 33.9 Å². The van der Waals surface area contributed by atoms with Gasteiger partial charge in [0.25, 0.3) is 0 Å². The minimum Gasteiger partial charge on any atom is -0.504 e. The molecule has 1 saturated heterocycles. The van der Waals surface area contributed by atoms with Gasteiger partial charge in [0.15, 0.2) is 11.5 Å². The zero-order chi connectivity index (χ0) is 23.5. The van der Waals surface area contributed by atoms with E-state index in [4.69, 9.17) is 9.47 Å². The number of hydrogen-bond donors (Lipinski definition) is 4. The average Bonchev–Trinajstić information content (AvgIpc) is 2.72. The summed E-state index contributed by atoms with van der Waals surface area (Å²) in [6.07, 6.45) is -0.406. The Labute approximate surface area is 190 Å². The number of ether oxygens (including phenoxy) is 2. The molecular weight excluding hydrogens is 408 g/mol. The lowest BCUT2D eigenvalue weighted by atomic mass is 9.62. The predicted octanol–water partition coefficient (Wildman–Crippen LogP) is 3.98. The van der Waals surface area contributed by atoms with Gasteiger partial charge in [-0.2, -0.15) is 0 Å². The molecule has 1 aliphatic heterocycles. The van der Waals surface area contributed by atoms with E-state index < -0.39 is 30.7 Å². The molecule has 0 saturated carbocycles. The maximum Gasteiger partial charge on any atom is 0.229 e. The molecule has 3 aliphatic rings. The van der Waals surface area contributed by atoms with Gasteiger partial charge in [-0.3, -0.25) is 0 Å². The van der Waals surface area contributed by atoms with E-state index in [1.165, 1.54) is 16.7 Å². The molecule has 0 radical (unpaired) electrons. The number of phenols is 1. The minimum atomic E-state index is -1.42. The Morgan fingerprint density at radius 3 is 2.31 bits per heavy atom. The molecule has 0 unspecified atom stereocenters. The van der Waals surface area contributed by atoms with Gasteiger partial charge in [0, 0.05) is 11.5 Å². The zero-order valence-corrected chi connectivity index (χ0v) is 20.0. The fraction of sp³-hybridized carbons (Fsp3) is 0.692. The number of rotatable bonds is 3. The van der Waals surface area contributed by atoms with Crippen LogP contribution in [0.25, 0.3) is 0 Å². The molecule has 2 aliphatic carbocycles. The summed E-state index contributed by atoms with van der Waals surface area (Å²) < 4.78 is 11.8. The van der Waals surface area contributed by atoms with Gasteiger partial charge in [-0.15, -0.1) is 0 Å². The number of allylic oxidation sites excluding steroid dienone is 2. The molecule has 1 heterocycles. The molecule has 0 bridgehead atoms. The number of hydrogen-bond acceptors (Lipinski definition) is 6. The molecule has 6 nitrogen and oxygen atoms in total. The SMILES string of the molecule is CC(C)=C[C@H]1C[C@H](C)[C@H]2CC[C@@H](C)c3c(O[C@@H]4O[C@@H](C)[C@@H](O)[C@@H](O)[C@@H]4O)c(O)c(C)c1c32. The highest BCUT2D eigenvalue weighted by Gasteiger charge is 2.46. The van der Waals surface area contributed by atoms with Crippen molar-refractivity contribution in [1.29, 1.82) is 0 Å². The fourth-order valence-corrected chi connectivity index (χ4v) is 6.13. The van der Waals surface area contributed by atoms with Crippen LogP contribution in [0.4, 0.5) is 0 Å². The number of aliphatic hydroxyl groups excluding tert-OH is 3. The summed E-state index contributed by atoms with van der Waals surface area (Å²) in [5.74, 6) is 1.79. The minimum absolute atomic E-state index is 0.0806. The van der Waals surface area contributed by atoms with Crippen LogP contribution >= 0.6 is 0 Å². The first kappa shape index (κ1) is 23.6. The lowest BCUT2D eigenvalue weighted by Gasteiger charge is -2.44. The highest BCUT2D eigenvalue weighted by Crippen LogP contribution is 2.58. The van der Waals surface area contributed by atoms with Crippen molar-refractivity contribution in [2.24, 2.45) is 5.92 Å². The van der Waals surface area contributed by atoms with Crippen molar-refractivity contribution in [2.45, 2.75) is 109 Å². The largest absolute Gasteiger partial charge is 0.504 e. The van der Waals surface area contributed by atoms with E-state index in [1.54, 1.807) is 6.92 Å². The van der Waals surface area contributed by atoms with Crippen LogP contribution < -0.4 is 4.74 Å². The molecule has 1 fully saturated rings. The van der Waals surface area contributed by atoms with Crippen LogP contribution in [-0.4, -0.2) is 51.1 Å². The molecule has 1 aromatic carbocycles. The summed E-state index contributed by atoms with van der Waals surface area (Å²) in [6, 6.07) is 0. The van der Waals surface area contributed by atoms with Crippen LogP contribution in [0.5, 0.6) is 11.5 Å². The van der Waals surface area contributed by atoms with Crippen LogP contribution in [0, 0.1) is 12.8 Å². The smallest absolute Gasteiger partial charge is 0.229 e. The third-order valence-corrected chi connectivity index (χ3v) is 7.83. The Morgan fingerprint density at radius 2 is 1.66 bits per heavy atom. The lowest BCUT2D eigenvalue weighted by molar-refractivity contribution is -0.268. The number of aromatic hydroxyl groups is 1. The molecule has 4 rings (SSSR count). The van der Waals surface area contributed by atoms with Gasteiger partial charge >= 0.3 is 0 Å². The Morgan fingerprint density at radius 1 is 0.969 bits per heavy atom. The Bertz CT molecular complexity index is 904. The average molecular weight is 447 g/mol. The molecule has 0 amide bonds. The molecular formula is C26H38O6. The summed E-state index contributed by atoms with van der Waals surface area (Å²) in [5, 5.41) is 42.1. The van der Waals surface area contributed by atoms with Crippen molar-refractivity contribution in [1.82, 2.24) is 0 Å². The van der Waals surface area contributed by atoms with E-state index in [9.17, 15) is 20.4 Å². The first-order valence-electron chi connectivity index (χ1n) is 11.9. The van der Waals surface area contributed by atoms with Gasteiger partial charge < -0.3 is 29.9 Å². The van der Waals surface area contributed by atoms with Gasteiger partial charge in [-0.05, 0) is 81.4 Å². The quantitative estimate of drug-likeness (QED) is 0.524. The number of aliphatic hydroxyl groups is 3. The topological polar surface area (TPSA) is 99.4 Å². The molecule has 9 atom stereocenters. The van der Waals surface area contributed by atoms with E-state index in [-0.39, 0.29) is 17.6 Å². The van der Waals surface area contributed by atoms with Crippen molar-refractivity contribution < 1.29 is 29.9 Å². The highest BCUT2D eigenvalue weighted by molar-refractivity contribution is 5.64. The third kappa shape index (κ3) is 3.75. The molecule has 32 heavy (non-hydrogen) atoms. The summed E-state index contributed by atoms with van der Waals surface area (Å²) in [7, 11) is 0. The van der Waals surface area contributed by atoms with Crippen molar-refractivity contribution in [3.63, 3.8) is 0 Å². The molecule has 4 N–H and O–H groups in total.